The van der Waals surface area contributed by atoms with E-state index >= 15 is 0 Å². The number of nitriles is 1. The number of piperidine rings is 1. The highest BCUT2D eigenvalue weighted by Crippen LogP contribution is 2.41. The molecule has 0 aliphatic carbocycles. The van der Waals surface area contributed by atoms with E-state index in [2.05, 4.69) is 79.3 Å². The van der Waals surface area contributed by atoms with Crippen LogP contribution >= 0.6 is 0 Å². The lowest BCUT2D eigenvalue weighted by Crippen LogP contribution is -2.38. The molecule has 2 aromatic heterocycles. The molecular weight excluding hydrogens is 510 g/mol. The van der Waals surface area contributed by atoms with Crippen LogP contribution in [0.5, 0.6) is 5.75 Å². The molecule has 8 heteroatoms. The predicted octanol–water partition coefficient (Wildman–Crippen LogP) is 5.97. The van der Waals surface area contributed by atoms with Crippen LogP contribution in [0.1, 0.15) is 24.2 Å². The Hall–Kier alpha value is -5.00. The number of nitrogens with zero attached hydrogens (tertiary/aromatic N) is 6. The third-order valence-electron chi connectivity index (χ3n) is 7.82. The molecule has 41 heavy (non-hydrogen) atoms. The number of ether oxygens (including phenoxy) is 1. The molecule has 0 bridgehead atoms. The van der Waals surface area contributed by atoms with Gasteiger partial charge in [0.15, 0.2) is 6.73 Å². The van der Waals surface area contributed by atoms with Crippen molar-refractivity contribution >= 4 is 5.82 Å². The van der Waals surface area contributed by atoms with Crippen LogP contribution in [0.15, 0.2) is 91.1 Å². The van der Waals surface area contributed by atoms with E-state index in [1.54, 1.807) is 6.20 Å². The van der Waals surface area contributed by atoms with Crippen molar-refractivity contribution in [2.24, 2.45) is 0 Å². The monoisotopic (exact) mass is 539 g/mol. The van der Waals surface area contributed by atoms with Crippen LogP contribution in [0.25, 0.3) is 33.9 Å². The average molecular weight is 540 g/mol. The minimum absolute atomic E-state index is 0.195. The molecule has 0 radical (unpaired) electrons. The van der Waals surface area contributed by atoms with Crippen LogP contribution in [-0.4, -0.2) is 43.6 Å². The number of anilines is 1. The topological polar surface area (TPSA) is 91.9 Å². The van der Waals surface area contributed by atoms with Gasteiger partial charge in [-0.1, -0.05) is 66.7 Å². The molecule has 0 spiro atoms. The lowest BCUT2D eigenvalue weighted by atomic mass is 10.0. The van der Waals surface area contributed by atoms with Crippen molar-refractivity contribution in [3.05, 3.63) is 103 Å². The van der Waals surface area contributed by atoms with Crippen molar-refractivity contribution in [2.75, 3.05) is 18.4 Å². The van der Waals surface area contributed by atoms with Gasteiger partial charge in [0.05, 0.1) is 17.0 Å². The smallest absolute Gasteiger partial charge is 0.234 e. The zero-order valence-electron chi connectivity index (χ0n) is 22.6. The fraction of sp³-hybridized carbons (Fsp3) is 0.212. The Bertz CT molecular complexity index is 1720. The maximum Gasteiger partial charge on any atom is 0.234 e. The molecule has 8 nitrogen and oxygen atoms in total. The lowest BCUT2D eigenvalue weighted by Gasteiger charge is -2.32. The molecule has 4 heterocycles. The summed E-state index contributed by atoms with van der Waals surface area (Å²) >= 11 is 0. The number of aromatic nitrogens is 4. The fourth-order valence-corrected chi connectivity index (χ4v) is 5.75. The van der Waals surface area contributed by atoms with Gasteiger partial charge in [-0.3, -0.25) is 9.47 Å². The predicted molar refractivity (Wildman–Crippen MR) is 158 cm³/mol. The number of imidazole rings is 1. The van der Waals surface area contributed by atoms with Gasteiger partial charge in [0.2, 0.25) is 5.82 Å². The molecule has 1 saturated heterocycles. The molecule has 0 saturated carbocycles. The van der Waals surface area contributed by atoms with Gasteiger partial charge in [-0.2, -0.15) is 5.26 Å². The number of para-hydroxylation sites is 1. The zero-order chi connectivity index (χ0) is 27.6. The minimum Gasteiger partial charge on any atom is -0.472 e. The summed E-state index contributed by atoms with van der Waals surface area (Å²) in [5.74, 6) is 2.72. The molecular formula is C33H29N7O. The van der Waals surface area contributed by atoms with Crippen molar-refractivity contribution < 1.29 is 4.74 Å². The van der Waals surface area contributed by atoms with Crippen LogP contribution in [0, 0.1) is 11.3 Å². The van der Waals surface area contributed by atoms with Gasteiger partial charge < -0.3 is 10.1 Å². The second-order valence-corrected chi connectivity index (χ2v) is 10.5. The van der Waals surface area contributed by atoms with Gasteiger partial charge >= 0.3 is 0 Å². The fourth-order valence-electron chi connectivity index (χ4n) is 5.75. The Morgan fingerprint density at radius 1 is 0.878 bits per heavy atom. The van der Waals surface area contributed by atoms with Gasteiger partial charge in [-0.25, -0.2) is 15.0 Å². The Labute approximate surface area is 238 Å². The van der Waals surface area contributed by atoms with E-state index < -0.39 is 0 Å². The summed E-state index contributed by atoms with van der Waals surface area (Å²) in [6, 6.07) is 31.5. The van der Waals surface area contributed by atoms with E-state index in [-0.39, 0.29) is 5.82 Å². The second kappa shape index (κ2) is 10.9. The highest BCUT2D eigenvalue weighted by atomic mass is 16.5. The molecule has 202 valence electrons. The average Bonchev–Trinajstić information content (AvgIpc) is 3.43. The van der Waals surface area contributed by atoms with Gasteiger partial charge in [0.1, 0.15) is 23.5 Å². The molecule has 2 aliphatic rings. The molecule has 7 rings (SSSR count). The molecule has 1 N–H and O–H groups in total. The highest BCUT2D eigenvalue weighted by Gasteiger charge is 2.26. The number of hydrogen-bond donors (Lipinski definition) is 1. The summed E-state index contributed by atoms with van der Waals surface area (Å²) < 4.78 is 8.29. The van der Waals surface area contributed by atoms with Crippen LogP contribution < -0.4 is 10.1 Å². The number of nitrogens with one attached hydrogen (secondary N) is 1. The summed E-state index contributed by atoms with van der Waals surface area (Å²) in [6.07, 6.45) is 3.67. The van der Waals surface area contributed by atoms with Gasteiger partial charge in [0, 0.05) is 43.0 Å². The number of fused-ring (bicyclic) bond motifs is 3. The van der Waals surface area contributed by atoms with E-state index in [9.17, 15) is 0 Å². The summed E-state index contributed by atoms with van der Waals surface area (Å²) in [6.45, 7) is 3.34. The SMILES string of the molecule is N#Cc1nccc(NC2CCN(Cc3ccc(-c4nc5n(c4-c4ccccc4)COc4ccccc4-5)cc3)CC2)n1. The molecule has 2 aliphatic heterocycles. The van der Waals surface area contributed by atoms with Crippen LogP contribution in [0.4, 0.5) is 5.82 Å². The standard InChI is InChI=1S/C33H29N7O/c34-20-30-35-17-14-29(37-30)36-26-15-18-39(19-16-26)21-23-10-12-24(13-11-23)31-32(25-6-2-1-3-7-25)40-22-41-28-9-5-4-8-27(28)33(40)38-31/h1-14,17,26H,15-16,18-19,21-22H2,(H,35,36,37). The zero-order valence-corrected chi connectivity index (χ0v) is 22.6. The molecule has 0 amide bonds. The number of rotatable bonds is 6. The maximum absolute atomic E-state index is 9.05. The minimum atomic E-state index is 0.195. The summed E-state index contributed by atoms with van der Waals surface area (Å²) in [5.41, 5.74) is 6.56. The van der Waals surface area contributed by atoms with E-state index in [0.29, 0.717) is 12.8 Å². The van der Waals surface area contributed by atoms with E-state index in [0.717, 1.165) is 77.9 Å². The van der Waals surface area contributed by atoms with Gasteiger partial charge in [-0.15, -0.1) is 0 Å². The van der Waals surface area contributed by atoms with E-state index in [1.165, 1.54) is 5.56 Å². The van der Waals surface area contributed by atoms with Crippen LogP contribution in [-0.2, 0) is 13.3 Å². The number of benzene rings is 3. The van der Waals surface area contributed by atoms with Crippen molar-refractivity contribution in [1.29, 1.82) is 5.26 Å². The molecule has 1 fully saturated rings. The van der Waals surface area contributed by atoms with Crippen LogP contribution in [0.3, 0.4) is 0 Å². The molecule has 3 aromatic carbocycles. The first kappa shape index (κ1) is 25.0. The third-order valence-corrected chi connectivity index (χ3v) is 7.82. The summed E-state index contributed by atoms with van der Waals surface area (Å²) in [7, 11) is 0. The normalized spacial score (nSPS) is 14.9. The van der Waals surface area contributed by atoms with Crippen LogP contribution in [0.2, 0.25) is 0 Å². The van der Waals surface area contributed by atoms with Gasteiger partial charge in [-0.05, 0) is 36.6 Å². The Morgan fingerprint density at radius 3 is 2.46 bits per heavy atom. The Morgan fingerprint density at radius 2 is 1.66 bits per heavy atom. The molecule has 0 unspecified atom stereocenters. The molecule has 0 atom stereocenters. The maximum atomic E-state index is 9.05. The van der Waals surface area contributed by atoms with E-state index in [4.69, 9.17) is 15.0 Å². The van der Waals surface area contributed by atoms with Crippen molar-refractivity contribution in [2.45, 2.75) is 32.2 Å². The largest absolute Gasteiger partial charge is 0.472 e. The summed E-state index contributed by atoms with van der Waals surface area (Å²) in [4.78, 5) is 15.9. The quantitative estimate of drug-likeness (QED) is 0.284. The first-order chi connectivity index (χ1) is 20.2. The van der Waals surface area contributed by atoms with Crippen molar-refractivity contribution in [1.82, 2.24) is 24.4 Å². The Kier molecular flexibility index (Phi) is 6.63. The first-order valence-electron chi connectivity index (χ1n) is 13.9. The molecule has 5 aromatic rings. The summed E-state index contributed by atoms with van der Waals surface area (Å²) in [5, 5.41) is 12.5. The van der Waals surface area contributed by atoms with Gasteiger partial charge in [0.25, 0.3) is 0 Å². The lowest BCUT2D eigenvalue weighted by molar-refractivity contribution is 0.211. The van der Waals surface area contributed by atoms with E-state index in [1.807, 2.05) is 36.4 Å². The van der Waals surface area contributed by atoms with Crippen molar-refractivity contribution in [3.8, 4) is 45.7 Å². The van der Waals surface area contributed by atoms with Crippen molar-refractivity contribution in [3.63, 3.8) is 0 Å². The third kappa shape index (κ3) is 5.04. The second-order valence-electron chi connectivity index (χ2n) is 10.5. The first-order valence-corrected chi connectivity index (χ1v) is 13.9. The Balaban J connectivity index is 1.08. The number of likely N-dealkylation sites (tertiary alicyclic amines) is 1. The number of hydrogen-bond acceptors (Lipinski definition) is 7. The highest BCUT2D eigenvalue weighted by molar-refractivity contribution is 5.83.